The molecule has 0 unspecified atom stereocenters. The molecule has 0 spiro atoms. The number of alkyl halides is 3. The molecule has 8 nitrogen and oxygen atoms in total. The Bertz CT molecular complexity index is 715. The highest BCUT2D eigenvalue weighted by Gasteiger charge is 2.49. The molecule has 23 heavy (non-hydrogen) atoms. The number of carbonyl (C=O) groups excluding carboxylic acids is 1. The fourth-order valence-corrected chi connectivity index (χ4v) is 1.88. The van der Waals surface area contributed by atoms with E-state index in [9.17, 15) is 36.5 Å². The van der Waals surface area contributed by atoms with Crippen molar-refractivity contribution in [1.29, 1.82) is 0 Å². The second kappa shape index (κ2) is 6.81. The quantitative estimate of drug-likeness (QED) is 0.251. The summed E-state index contributed by atoms with van der Waals surface area (Å²) in [5.41, 5.74) is -6.43. The van der Waals surface area contributed by atoms with Gasteiger partial charge in [-0.05, 0) is 11.6 Å². The van der Waals surface area contributed by atoms with E-state index >= 15 is 0 Å². The SMILES string of the molecule is CC(=O)OCCc1ccc(OS(=O)(=O)C(F)(F)F)c([N+](=O)[O-])c1. The molecule has 0 radical (unpaired) electrons. The maximum absolute atomic E-state index is 12.2. The molecule has 0 fully saturated rings. The summed E-state index contributed by atoms with van der Waals surface area (Å²) in [6, 6.07) is 2.69. The average molecular weight is 357 g/mol. The number of nitrogens with zero attached hydrogens (tertiary/aromatic N) is 1. The van der Waals surface area contributed by atoms with Crippen LogP contribution in [0.4, 0.5) is 18.9 Å². The highest BCUT2D eigenvalue weighted by atomic mass is 32.2. The predicted molar refractivity (Wildman–Crippen MR) is 69.0 cm³/mol. The van der Waals surface area contributed by atoms with E-state index in [4.69, 9.17) is 0 Å². The Hall–Kier alpha value is -2.37. The van der Waals surface area contributed by atoms with Gasteiger partial charge in [-0.3, -0.25) is 14.9 Å². The number of benzene rings is 1. The summed E-state index contributed by atoms with van der Waals surface area (Å²) in [7, 11) is -6.02. The Kier molecular flexibility index (Phi) is 5.53. The normalized spacial score (nSPS) is 11.8. The Morgan fingerprint density at radius 2 is 1.96 bits per heavy atom. The van der Waals surface area contributed by atoms with Crippen LogP contribution in [0.3, 0.4) is 0 Å². The number of nitro groups is 1. The molecule has 0 N–H and O–H groups in total. The number of rotatable bonds is 6. The lowest BCUT2D eigenvalue weighted by atomic mass is 10.1. The van der Waals surface area contributed by atoms with Crippen molar-refractivity contribution in [1.82, 2.24) is 0 Å². The Morgan fingerprint density at radius 3 is 2.43 bits per heavy atom. The van der Waals surface area contributed by atoms with Gasteiger partial charge in [0.15, 0.2) is 0 Å². The van der Waals surface area contributed by atoms with Crippen LogP contribution in [0.1, 0.15) is 12.5 Å². The van der Waals surface area contributed by atoms with Crippen molar-refractivity contribution in [3.05, 3.63) is 33.9 Å². The topological polar surface area (TPSA) is 113 Å². The molecule has 0 amide bonds. The van der Waals surface area contributed by atoms with Crippen molar-refractivity contribution < 1.29 is 40.2 Å². The zero-order valence-corrected chi connectivity index (χ0v) is 12.3. The predicted octanol–water partition coefficient (Wildman–Crippen LogP) is 1.93. The molecular weight excluding hydrogens is 347 g/mol. The van der Waals surface area contributed by atoms with E-state index < -0.39 is 38.0 Å². The van der Waals surface area contributed by atoms with E-state index in [2.05, 4.69) is 8.92 Å². The van der Waals surface area contributed by atoms with Gasteiger partial charge < -0.3 is 8.92 Å². The third kappa shape index (κ3) is 5.09. The van der Waals surface area contributed by atoms with E-state index in [1.807, 2.05) is 0 Å². The Balaban J connectivity index is 3.06. The van der Waals surface area contributed by atoms with Crippen LogP contribution in [0, 0.1) is 10.1 Å². The number of halogens is 3. The molecule has 0 atom stereocenters. The molecule has 12 heteroatoms. The summed E-state index contributed by atoms with van der Waals surface area (Å²) in [5, 5.41) is 10.9. The molecule has 1 aromatic rings. The lowest BCUT2D eigenvalue weighted by molar-refractivity contribution is -0.385. The van der Waals surface area contributed by atoms with Crippen molar-refractivity contribution in [3.63, 3.8) is 0 Å². The molecule has 0 heterocycles. The van der Waals surface area contributed by atoms with Crippen LogP contribution in [0.15, 0.2) is 18.2 Å². The van der Waals surface area contributed by atoms with Crippen molar-refractivity contribution in [2.75, 3.05) is 6.61 Å². The lowest BCUT2D eigenvalue weighted by Gasteiger charge is -2.10. The van der Waals surface area contributed by atoms with E-state index in [-0.39, 0.29) is 18.6 Å². The van der Waals surface area contributed by atoms with Gasteiger partial charge in [0, 0.05) is 19.4 Å². The largest absolute Gasteiger partial charge is 0.534 e. The van der Waals surface area contributed by atoms with Gasteiger partial charge in [0.1, 0.15) is 0 Å². The molecule has 0 aromatic heterocycles. The fraction of sp³-hybridized carbons (Fsp3) is 0.364. The third-order valence-corrected chi connectivity index (χ3v) is 3.36. The van der Waals surface area contributed by atoms with Crippen LogP contribution < -0.4 is 4.18 Å². The van der Waals surface area contributed by atoms with Gasteiger partial charge in [0.2, 0.25) is 5.75 Å². The summed E-state index contributed by atoms with van der Waals surface area (Å²) in [5.74, 6) is -1.64. The third-order valence-electron chi connectivity index (χ3n) is 2.40. The molecule has 1 rings (SSSR count). The molecule has 0 aliphatic heterocycles. The van der Waals surface area contributed by atoms with Gasteiger partial charge in [0.25, 0.3) is 0 Å². The first kappa shape index (κ1) is 18.7. The molecule has 0 saturated carbocycles. The zero-order valence-electron chi connectivity index (χ0n) is 11.5. The van der Waals surface area contributed by atoms with Crippen LogP contribution in [-0.2, 0) is 26.1 Å². The number of hydrogen-bond acceptors (Lipinski definition) is 7. The average Bonchev–Trinajstić information content (AvgIpc) is 2.38. The van der Waals surface area contributed by atoms with Crippen LogP contribution >= 0.6 is 0 Å². The minimum absolute atomic E-state index is 0.0483. The number of carbonyl (C=O) groups is 1. The van der Waals surface area contributed by atoms with E-state index in [0.29, 0.717) is 0 Å². The second-order valence-corrected chi connectivity index (χ2v) is 5.67. The monoisotopic (exact) mass is 357 g/mol. The molecule has 0 bridgehead atoms. The van der Waals surface area contributed by atoms with Crippen LogP contribution in [0.25, 0.3) is 0 Å². The molecule has 128 valence electrons. The highest BCUT2D eigenvalue weighted by molar-refractivity contribution is 7.88. The first-order valence-electron chi connectivity index (χ1n) is 5.85. The van der Waals surface area contributed by atoms with Gasteiger partial charge in [0.05, 0.1) is 11.5 Å². The number of esters is 1. The lowest BCUT2D eigenvalue weighted by Crippen LogP contribution is -2.28. The smallest absolute Gasteiger partial charge is 0.466 e. The maximum Gasteiger partial charge on any atom is 0.534 e. The molecular formula is C11H10F3NO7S. The molecule has 0 aliphatic carbocycles. The number of ether oxygens (including phenoxy) is 1. The van der Waals surface area contributed by atoms with Crippen molar-refractivity contribution in [3.8, 4) is 5.75 Å². The van der Waals surface area contributed by atoms with Gasteiger partial charge in [-0.25, -0.2) is 0 Å². The Labute approximate surface area is 128 Å². The number of nitro benzene ring substituents is 1. The van der Waals surface area contributed by atoms with E-state index in [0.717, 1.165) is 25.1 Å². The number of hydrogen-bond donors (Lipinski definition) is 0. The summed E-state index contributed by atoms with van der Waals surface area (Å²) in [6.45, 7) is 1.05. The van der Waals surface area contributed by atoms with Crippen molar-refractivity contribution >= 4 is 21.8 Å². The van der Waals surface area contributed by atoms with Crippen LogP contribution in [-0.4, -0.2) is 31.4 Å². The zero-order chi connectivity index (χ0) is 17.8. The maximum atomic E-state index is 12.2. The van der Waals surface area contributed by atoms with Crippen molar-refractivity contribution in [2.45, 2.75) is 18.9 Å². The minimum atomic E-state index is -6.02. The summed E-state index contributed by atoms with van der Waals surface area (Å²) in [6.07, 6.45) is 0.0483. The Morgan fingerprint density at radius 1 is 1.35 bits per heavy atom. The van der Waals surface area contributed by atoms with Crippen molar-refractivity contribution in [2.24, 2.45) is 0 Å². The van der Waals surface area contributed by atoms with Gasteiger partial charge >= 0.3 is 27.3 Å². The minimum Gasteiger partial charge on any atom is -0.466 e. The molecule has 1 aromatic carbocycles. The second-order valence-electron chi connectivity index (χ2n) is 4.13. The standard InChI is InChI=1S/C11H10F3NO7S/c1-7(16)21-5-4-8-2-3-10(9(6-8)15(17)18)22-23(19,20)11(12,13)14/h2-3,6H,4-5H2,1H3. The summed E-state index contributed by atoms with van der Waals surface area (Å²) < 4.78 is 66.9. The first-order chi connectivity index (χ1) is 10.4. The van der Waals surface area contributed by atoms with Gasteiger partial charge in [-0.15, -0.1) is 0 Å². The summed E-state index contributed by atoms with van der Waals surface area (Å²) >= 11 is 0. The fourth-order valence-electron chi connectivity index (χ4n) is 1.41. The van der Waals surface area contributed by atoms with E-state index in [1.165, 1.54) is 0 Å². The van der Waals surface area contributed by atoms with Gasteiger partial charge in [-0.2, -0.15) is 21.6 Å². The van der Waals surface area contributed by atoms with E-state index in [1.54, 1.807) is 0 Å². The first-order valence-corrected chi connectivity index (χ1v) is 7.26. The van der Waals surface area contributed by atoms with Crippen LogP contribution in [0.2, 0.25) is 0 Å². The van der Waals surface area contributed by atoms with Gasteiger partial charge in [-0.1, -0.05) is 6.07 Å². The van der Waals surface area contributed by atoms with Crippen LogP contribution in [0.5, 0.6) is 5.75 Å². The summed E-state index contributed by atoms with van der Waals surface area (Å²) in [4.78, 5) is 20.4. The molecule has 0 aliphatic rings. The highest BCUT2D eigenvalue weighted by Crippen LogP contribution is 2.33. The molecule has 0 saturated heterocycles.